The number of rotatable bonds is 7. The van der Waals surface area contributed by atoms with Crippen molar-refractivity contribution in [1.29, 1.82) is 0 Å². The zero-order valence-electron chi connectivity index (χ0n) is 10.3. The predicted molar refractivity (Wildman–Crippen MR) is 61.0 cm³/mol. The van der Waals surface area contributed by atoms with E-state index < -0.39 is 17.8 Å². The monoisotopic (exact) mass is 256 g/mol. The number of ether oxygens (including phenoxy) is 1. The average Bonchev–Trinajstić information content (AvgIpc) is 2.78. The minimum absolute atomic E-state index is 0.0666. The predicted octanol–water partition coefficient (Wildman–Crippen LogP) is 0.662. The van der Waals surface area contributed by atoms with E-state index >= 15 is 0 Å². The van der Waals surface area contributed by atoms with Gasteiger partial charge in [0.05, 0.1) is 5.92 Å². The molecule has 2 N–H and O–H groups in total. The van der Waals surface area contributed by atoms with Gasteiger partial charge in [-0.2, -0.15) is 0 Å². The first-order chi connectivity index (χ1) is 8.58. The molecule has 0 aliphatic rings. The van der Waals surface area contributed by atoms with Crippen LogP contribution in [0, 0.1) is 5.92 Å². The molecule has 7 nitrogen and oxygen atoms in total. The second-order valence-electron chi connectivity index (χ2n) is 3.76. The first-order valence-electron chi connectivity index (χ1n) is 5.54. The summed E-state index contributed by atoms with van der Waals surface area (Å²) < 4.78 is 9.68. The fraction of sp³-hybridized carbons (Fsp3) is 0.545. The number of carbonyl (C=O) groups excluding carboxylic acids is 1. The van der Waals surface area contributed by atoms with Crippen molar-refractivity contribution in [2.75, 3.05) is 13.7 Å². The lowest BCUT2D eigenvalue weighted by Crippen LogP contribution is -2.32. The Hall–Kier alpha value is -1.89. The van der Waals surface area contributed by atoms with E-state index in [0.29, 0.717) is 12.2 Å². The van der Waals surface area contributed by atoms with Gasteiger partial charge in [0.2, 0.25) is 0 Å². The summed E-state index contributed by atoms with van der Waals surface area (Å²) >= 11 is 0. The number of carboxylic acid groups (broad SMARTS) is 1. The topological polar surface area (TPSA) is 102 Å². The number of hydrogen-bond donors (Lipinski definition) is 2. The van der Waals surface area contributed by atoms with Gasteiger partial charge >= 0.3 is 5.97 Å². The van der Waals surface area contributed by atoms with Gasteiger partial charge in [0.15, 0.2) is 11.5 Å². The number of carbonyl (C=O) groups is 2. The second-order valence-corrected chi connectivity index (χ2v) is 3.76. The molecule has 1 aromatic heterocycles. The van der Waals surface area contributed by atoms with Crippen molar-refractivity contribution >= 4 is 11.9 Å². The van der Waals surface area contributed by atoms with E-state index in [0.717, 1.165) is 0 Å². The van der Waals surface area contributed by atoms with Crippen LogP contribution in [-0.2, 0) is 16.1 Å². The van der Waals surface area contributed by atoms with Crippen LogP contribution in [0.4, 0.5) is 0 Å². The van der Waals surface area contributed by atoms with Gasteiger partial charge in [-0.1, -0.05) is 12.1 Å². The Morgan fingerprint density at radius 2 is 2.33 bits per heavy atom. The molecule has 0 saturated carbocycles. The Balaban J connectivity index is 2.51. The van der Waals surface area contributed by atoms with Crippen molar-refractivity contribution in [2.45, 2.75) is 20.0 Å². The van der Waals surface area contributed by atoms with E-state index in [9.17, 15) is 9.59 Å². The molecule has 1 atom stereocenters. The van der Waals surface area contributed by atoms with Crippen molar-refractivity contribution in [2.24, 2.45) is 5.92 Å². The lowest BCUT2D eigenvalue weighted by Gasteiger charge is -2.09. The number of nitrogens with zero attached hydrogens (tertiary/aromatic N) is 1. The maximum Gasteiger partial charge on any atom is 0.308 e. The van der Waals surface area contributed by atoms with Crippen LogP contribution in [0.2, 0.25) is 0 Å². The minimum Gasteiger partial charge on any atom is -0.481 e. The third-order valence-corrected chi connectivity index (χ3v) is 2.43. The summed E-state index contributed by atoms with van der Waals surface area (Å²) in [5, 5.41) is 14.9. The standard InChI is InChI=1S/C11H16N2O5/c1-3-7(11(15)16)5-12-10(14)9-4-8(6-17-2)18-13-9/h4,7H,3,5-6H2,1-2H3,(H,12,14)(H,15,16). The summed E-state index contributed by atoms with van der Waals surface area (Å²) in [6.45, 7) is 2.04. The van der Waals surface area contributed by atoms with Gasteiger partial charge in [-0.3, -0.25) is 9.59 Å². The Morgan fingerprint density at radius 1 is 1.61 bits per heavy atom. The number of nitrogens with one attached hydrogen (secondary N) is 1. The largest absolute Gasteiger partial charge is 0.481 e. The van der Waals surface area contributed by atoms with Crippen LogP contribution in [0.5, 0.6) is 0 Å². The maximum atomic E-state index is 11.6. The molecule has 0 bridgehead atoms. The van der Waals surface area contributed by atoms with Crippen LogP contribution in [-0.4, -0.2) is 35.8 Å². The molecular formula is C11H16N2O5. The van der Waals surface area contributed by atoms with Crippen molar-refractivity contribution in [3.8, 4) is 0 Å². The van der Waals surface area contributed by atoms with Crippen LogP contribution >= 0.6 is 0 Å². The van der Waals surface area contributed by atoms with E-state index in [2.05, 4.69) is 10.5 Å². The molecular weight excluding hydrogens is 240 g/mol. The molecule has 0 radical (unpaired) electrons. The normalized spacial score (nSPS) is 12.1. The molecule has 0 fully saturated rings. The molecule has 7 heteroatoms. The Labute approximate surface area is 104 Å². The third-order valence-electron chi connectivity index (χ3n) is 2.43. The smallest absolute Gasteiger partial charge is 0.308 e. The highest BCUT2D eigenvalue weighted by Crippen LogP contribution is 2.06. The van der Waals surface area contributed by atoms with Crippen molar-refractivity contribution in [3.63, 3.8) is 0 Å². The zero-order chi connectivity index (χ0) is 13.5. The van der Waals surface area contributed by atoms with Gasteiger partial charge in [-0.25, -0.2) is 0 Å². The number of amides is 1. The Kier molecular flexibility index (Phi) is 5.31. The van der Waals surface area contributed by atoms with Gasteiger partial charge in [-0.15, -0.1) is 0 Å². The molecule has 1 rings (SSSR count). The Bertz CT molecular complexity index is 415. The highest BCUT2D eigenvalue weighted by atomic mass is 16.5. The van der Waals surface area contributed by atoms with Gasteiger partial charge in [-0.05, 0) is 6.42 Å². The Morgan fingerprint density at radius 3 is 2.89 bits per heavy atom. The van der Waals surface area contributed by atoms with E-state index in [-0.39, 0.29) is 18.8 Å². The maximum absolute atomic E-state index is 11.6. The number of methoxy groups -OCH3 is 1. The van der Waals surface area contributed by atoms with E-state index in [1.165, 1.54) is 13.2 Å². The van der Waals surface area contributed by atoms with Crippen LogP contribution < -0.4 is 5.32 Å². The number of aliphatic carboxylic acids is 1. The van der Waals surface area contributed by atoms with Crippen molar-refractivity contribution < 1.29 is 24.0 Å². The van der Waals surface area contributed by atoms with Gasteiger partial charge in [0.25, 0.3) is 5.91 Å². The molecule has 1 heterocycles. The molecule has 1 amide bonds. The van der Waals surface area contributed by atoms with Crippen LogP contribution in [0.15, 0.2) is 10.6 Å². The summed E-state index contributed by atoms with van der Waals surface area (Å²) in [6, 6.07) is 1.46. The highest BCUT2D eigenvalue weighted by Gasteiger charge is 2.18. The number of hydrogen-bond acceptors (Lipinski definition) is 5. The number of carboxylic acids is 1. The first kappa shape index (κ1) is 14.2. The molecule has 0 aliphatic heterocycles. The summed E-state index contributed by atoms with van der Waals surface area (Å²) in [6.07, 6.45) is 0.448. The second kappa shape index (κ2) is 6.75. The molecule has 18 heavy (non-hydrogen) atoms. The summed E-state index contributed by atoms with van der Waals surface area (Å²) in [5.74, 6) is -1.55. The van der Waals surface area contributed by atoms with Crippen LogP contribution in [0.1, 0.15) is 29.6 Å². The highest BCUT2D eigenvalue weighted by molar-refractivity contribution is 5.92. The third kappa shape index (κ3) is 3.85. The van der Waals surface area contributed by atoms with Crippen LogP contribution in [0.25, 0.3) is 0 Å². The van der Waals surface area contributed by atoms with Gasteiger partial charge < -0.3 is 19.7 Å². The lowest BCUT2D eigenvalue weighted by atomic mass is 10.1. The minimum atomic E-state index is -0.932. The molecule has 0 aliphatic carbocycles. The molecule has 1 aromatic rings. The molecule has 100 valence electrons. The fourth-order valence-corrected chi connectivity index (χ4v) is 1.34. The average molecular weight is 256 g/mol. The summed E-state index contributed by atoms with van der Waals surface area (Å²) in [5.41, 5.74) is 0.113. The quantitative estimate of drug-likeness (QED) is 0.743. The zero-order valence-corrected chi connectivity index (χ0v) is 10.3. The fourth-order valence-electron chi connectivity index (χ4n) is 1.34. The van der Waals surface area contributed by atoms with Crippen LogP contribution in [0.3, 0.4) is 0 Å². The number of aromatic nitrogens is 1. The van der Waals surface area contributed by atoms with Gasteiger partial charge in [0, 0.05) is 19.7 Å². The van der Waals surface area contributed by atoms with Gasteiger partial charge in [0.1, 0.15) is 6.61 Å². The lowest BCUT2D eigenvalue weighted by molar-refractivity contribution is -0.141. The van der Waals surface area contributed by atoms with Crippen molar-refractivity contribution in [3.05, 3.63) is 17.5 Å². The molecule has 0 aromatic carbocycles. The van der Waals surface area contributed by atoms with E-state index in [4.69, 9.17) is 14.4 Å². The first-order valence-corrected chi connectivity index (χ1v) is 5.54. The molecule has 1 unspecified atom stereocenters. The SMILES string of the molecule is CCC(CNC(=O)c1cc(COC)on1)C(=O)O. The molecule has 0 saturated heterocycles. The van der Waals surface area contributed by atoms with Crippen molar-refractivity contribution in [1.82, 2.24) is 10.5 Å². The van der Waals surface area contributed by atoms with E-state index in [1.54, 1.807) is 6.92 Å². The van der Waals surface area contributed by atoms with E-state index in [1.807, 2.05) is 0 Å². The molecule has 0 spiro atoms. The summed E-state index contributed by atoms with van der Waals surface area (Å²) in [7, 11) is 1.50. The summed E-state index contributed by atoms with van der Waals surface area (Å²) in [4.78, 5) is 22.4.